The Morgan fingerprint density at radius 3 is 2.60 bits per heavy atom. The van der Waals surface area contributed by atoms with E-state index in [0.29, 0.717) is 17.1 Å². The maximum absolute atomic E-state index is 12.8. The molecule has 0 atom stereocenters. The van der Waals surface area contributed by atoms with E-state index in [1.54, 1.807) is 30.5 Å². The summed E-state index contributed by atoms with van der Waals surface area (Å²) in [6, 6.07) is 15.5. The monoisotopic (exact) mass is 423 g/mol. The Kier molecular flexibility index (Phi) is 6.22. The number of benzene rings is 2. The third kappa shape index (κ3) is 4.86. The Bertz CT molecular complexity index is 1060. The average Bonchev–Trinajstić information content (AvgIpc) is 2.70. The molecule has 6 nitrogen and oxygen atoms in total. The third-order valence-electron chi connectivity index (χ3n) is 4.47. The van der Waals surface area contributed by atoms with Crippen molar-refractivity contribution in [2.24, 2.45) is 0 Å². The molecule has 0 bridgehead atoms. The molecule has 0 radical (unpaired) electrons. The van der Waals surface area contributed by atoms with Crippen molar-refractivity contribution in [1.29, 1.82) is 0 Å². The predicted molar refractivity (Wildman–Crippen MR) is 123 cm³/mol. The number of rotatable bonds is 4. The molecular weight excluding hydrogens is 398 g/mol. The van der Waals surface area contributed by atoms with Crippen LogP contribution < -0.4 is 14.4 Å². The molecule has 3 rings (SSSR count). The lowest BCUT2D eigenvalue weighted by Gasteiger charge is -2.24. The quantitative estimate of drug-likeness (QED) is 0.352. The molecule has 2 amide bonds. The lowest BCUT2D eigenvalue weighted by molar-refractivity contribution is 0.260. The second-order valence-corrected chi connectivity index (χ2v) is 8.34. The van der Waals surface area contributed by atoms with Gasteiger partial charge in [0, 0.05) is 11.8 Å². The van der Waals surface area contributed by atoms with Gasteiger partial charge in [0.1, 0.15) is 17.2 Å². The maximum Gasteiger partial charge on any atom is 0.336 e. The van der Waals surface area contributed by atoms with Crippen LogP contribution in [0.2, 0.25) is 0 Å². The molecule has 3 aromatic rings. The fraction of sp³-hybridized carbons (Fsp3) is 0.217. The van der Waals surface area contributed by atoms with Crippen molar-refractivity contribution in [3.63, 3.8) is 0 Å². The number of aromatic hydroxyl groups is 1. The summed E-state index contributed by atoms with van der Waals surface area (Å²) in [5, 5.41) is 12.7. The molecule has 0 unspecified atom stereocenters. The number of anilines is 2. The van der Waals surface area contributed by atoms with Gasteiger partial charge in [-0.05, 0) is 48.2 Å². The second kappa shape index (κ2) is 8.67. The molecule has 2 N–H and O–H groups in total. The van der Waals surface area contributed by atoms with Crippen LogP contribution in [-0.4, -0.2) is 16.1 Å². The molecule has 7 heteroatoms. The molecule has 2 aromatic carbocycles. The minimum absolute atomic E-state index is 0.0301. The predicted octanol–water partition coefficient (Wildman–Crippen LogP) is 6.07. The van der Waals surface area contributed by atoms with E-state index < -0.39 is 6.03 Å². The van der Waals surface area contributed by atoms with E-state index in [1.165, 1.54) is 6.07 Å². The van der Waals surface area contributed by atoms with Crippen molar-refractivity contribution in [3.05, 3.63) is 71.9 Å². The van der Waals surface area contributed by atoms with Gasteiger partial charge in [-0.15, -0.1) is 0 Å². The Labute approximate surface area is 182 Å². The lowest BCUT2D eigenvalue weighted by Crippen LogP contribution is -2.27. The first kappa shape index (κ1) is 21.5. The van der Waals surface area contributed by atoms with E-state index in [1.807, 2.05) is 31.2 Å². The number of carbonyl (C=O) groups is 1. The zero-order valence-electron chi connectivity index (χ0n) is 17.4. The largest absolute Gasteiger partial charge is 0.506 e. The van der Waals surface area contributed by atoms with E-state index in [0.717, 1.165) is 15.4 Å². The Hall–Kier alpha value is -3.19. The number of phenolic OH excluding ortho intramolecular Hbond substituents is 1. The molecule has 0 aliphatic heterocycles. The van der Waals surface area contributed by atoms with Gasteiger partial charge in [-0.1, -0.05) is 57.9 Å². The first-order chi connectivity index (χ1) is 14.2. The van der Waals surface area contributed by atoms with E-state index >= 15 is 0 Å². The summed E-state index contributed by atoms with van der Waals surface area (Å²) >= 11 is 4.34. The number of ether oxygens (including phenoxy) is 1. The number of thiol groups is 1. The van der Waals surface area contributed by atoms with Crippen LogP contribution in [0.5, 0.6) is 17.4 Å². The topological polar surface area (TPSA) is 74.7 Å². The van der Waals surface area contributed by atoms with E-state index in [2.05, 4.69) is 43.9 Å². The van der Waals surface area contributed by atoms with Gasteiger partial charge in [-0.2, -0.15) is 0 Å². The number of para-hydroxylation sites is 1. The smallest absolute Gasteiger partial charge is 0.336 e. The number of hydrogen-bond donors (Lipinski definition) is 3. The van der Waals surface area contributed by atoms with Crippen molar-refractivity contribution >= 4 is 30.2 Å². The van der Waals surface area contributed by atoms with Crippen molar-refractivity contribution in [1.82, 2.24) is 4.98 Å². The van der Waals surface area contributed by atoms with Crippen LogP contribution >= 0.6 is 12.8 Å². The highest BCUT2D eigenvalue weighted by Gasteiger charge is 2.22. The van der Waals surface area contributed by atoms with Crippen LogP contribution in [0, 0.1) is 6.92 Å². The normalized spacial score (nSPS) is 11.1. The Balaban J connectivity index is 1.88. The molecule has 0 saturated heterocycles. The summed E-state index contributed by atoms with van der Waals surface area (Å²) < 4.78 is 7.20. The minimum atomic E-state index is -0.554. The Morgan fingerprint density at radius 1 is 1.13 bits per heavy atom. The zero-order chi connectivity index (χ0) is 21.9. The highest BCUT2D eigenvalue weighted by atomic mass is 32.1. The highest BCUT2D eigenvalue weighted by Crippen LogP contribution is 2.37. The van der Waals surface area contributed by atoms with Crippen LogP contribution in [0.4, 0.5) is 16.2 Å². The number of hydrogen-bond acceptors (Lipinski definition) is 5. The second-order valence-electron chi connectivity index (χ2n) is 7.94. The number of nitrogens with zero attached hydrogens (tertiary/aromatic N) is 2. The summed E-state index contributed by atoms with van der Waals surface area (Å²) in [6.07, 6.45) is 1.59. The number of amides is 2. The van der Waals surface area contributed by atoms with Crippen LogP contribution in [-0.2, 0) is 5.41 Å². The van der Waals surface area contributed by atoms with Crippen molar-refractivity contribution < 1.29 is 14.6 Å². The van der Waals surface area contributed by atoms with Gasteiger partial charge in [0.15, 0.2) is 0 Å². The summed E-state index contributed by atoms with van der Waals surface area (Å²) in [5.74, 6) is 0.869. The standard InChI is InChI=1S/C23H25N3O3S/c1-15-11-12-19(27)17(14-15)25-22(28)26(30)18-9-7-13-24-21(18)29-20-10-6-5-8-16(20)23(2,3)4/h5-14,27,30H,1-4H3,(H,25,28). The number of carbonyl (C=O) groups excluding carboxylic acids is 1. The number of pyridine rings is 1. The van der Waals surface area contributed by atoms with E-state index in [-0.39, 0.29) is 17.0 Å². The minimum Gasteiger partial charge on any atom is -0.506 e. The first-order valence-corrected chi connectivity index (χ1v) is 9.89. The van der Waals surface area contributed by atoms with Crippen LogP contribution in [0.1, 0.15) is 31.9 Å². The lowest BCUT2D eigenvalue weighted by atomic mass is 9.86. The molecule has 1 heterocycles. The van der Waals surface area contributed by atoms with Crippen LogP contribution in [0.15, 0.2) is 60.8 Å². The van der Waals surface area contributed by atoms with Gasteiger partial charge < -0.3 is 15.2 Å². The molecule has 0 aliphatic rings. The van der Waals surface area contributed by atoms with Crippen LogP contribution in [0.25, 0.3) is 0 Å². The van der Waals surface area contributed by atoms with E-state index in [4.69, 9.17) is 4.74 Å². The fourth-order valence-electron chi connectivity index (χ4n) is 2.93. The summed E-state index contributed by atoms with van der Waals surface area (Å²) in [7, 11) is 0. The molecule has 30 heavy (non-hydrogen) atoms. The molecule has 156 valence electrons. The number of nitrogens with one attached hydrogen (secondary N) is 1. The van der Waals surface area contributed by atoms with Gasteiger partial charge in [-0.25, -0.2) is 14.1 Å². The fourth-order valence-corrected chi connectivity index (χ4v) is 3.13. The van der Waals surface area contributed by atoms with Crippen molar-refractivity contribution in [2.45, 2.75) is 33.1 Å². The summed E-state index contributed by atoms with van der Waals surface area (Å²) in [5.41, 5.74) is 2.45. The highest BCUT2D eigenvalue weighted by molar-refractivity contribution is 7.82. The number of aromatic nitrogens is 1. The van der Waals surface area contributed by atoms with Crippen molar-refractivity contribution in [2.75, 3.05) is 9.62 Å². The average molecular weight is 424 g/mol. The summed E-state index contributed by atoms with van der Waals surface area (Å²) in [6.45, 7) is 8.16. The first-order valence-electron chi connectivity index (χ1n) is 9.49. The molecular formula is C23H25N3O3S. The summed E-state index contributed by atoms with van der Waals surface area (Å²) in [4.78, 5) is 17.0. The number of urea groups is 1. The van der Waals surface area contributed by atoms with Gasteiger partial charge >= 0.3 is 6.03 Å². The van der Waals surface area contributed by atoms with Gasteiger partial charge in [0.25, 0.3) is 0 Å². The zero-order valence-corrected chi connectivity index (χ0v) is 18.3. The maximum atomic E-state index is 12.8. The third-order valence-corrected chi connectivity index (χ3v) is 4.86. The van der Waals surface area contributed by atoms with Crippen LogP contribution in [0.3, 0.4) is 0 Å². The number of aryl methyl sites for hydroxylation is 1. The SMILES string of the molecule is Cc1ccc(O)c(NC(=O)N(S)c2cccnc2Oc2ccccc2C(C)(C)C)c1. The molecule has 0 fully saturated rings. The Morgan fingerprint density at radius 2 is 1.87 bits per heavy atom. The molecule has 0 saturated carbocycles. The molecule has 0 spiro atoms. The van der Waals surface area contributed by atoms with Gasteiger partial charge in [-0.3, -0.25) is 0 Å². The van der Waals surface area contributed by atoms with Crippen molar-refractivity contribution in [3.8, 4) is 17.4 Å². The molecule has 0 aliphatic carbocycles. The molecule has 1 aromatic heterocycles. The van der Waals surface area contributed by atoms with Gasteiger partial charge in [0.2, 0.25) is 5.88 Å². The van der Waals surface area contributed by atoms with Gasteiger partial charge in [0.05, 0.1) is 5.69 Å². The number of phenols is 1. The van der Waals surface area contributed by atoms with E-state index in [9.17, 15) is 9.90 Å².